The van der Waals surface area contributed by atoms with Gasteiger partial charge in [0.1, 0.15) is 13.2 Å². The third-order valence-electron chi connectivity index (χ3n) is 1.31. The second-order valence-electron chi connectivity index (χ2n) is 2.81. The molecule has 0 radical (unpaired) electrons. The van der Waals surface area contributed by atoms with Gasteiger partial charge in [0.25, 0.3) is 0 Å². The fraction of sp³-hybridized carbons (Fsp3) is 0.667. The summed E-state index contributed by atoms with van der Waals surface area (Å²) in [4.78, 5) is 10.9. The lowest BCUT2D eigenvalue weighted by Gasteiger charge is -2.00. The third kappa shape index (κ3) is 6.75. The molecule has 0 aliphatic heterocycles. The third-order valence-corrected chi connectivity index (χ3v) is 2.59. The Hall–Kier alpha value is -0.730. The van der Waals surface area contributed by atoms with E-state index in [9.17, 15) is 9.36 Å². The predicted molar refractivity (Wildman–Crippen MR) is 54.5 cm³/mol. The van der Waals surface area contributed by atoms with E-state index in [1.54, 1.807) is 6.92 Å². The van der Waals surface area contributed by atoms with Gasteiger partial charge in [-0.15, -0.1) is 4.52 Å². The van der Waals surface area contributed by atoms with Crippen LogP contribution in [0.5, 0.6) is 0 Å². The summed E-state index contributed by atoms with van der Waals surface area (Å²) < 4.78 is 20.6. The Morgan fingerprint density at radius 3 is 2.57 bits per heavy atom. The molecule has 0 heterocycles. The molecule has 0 fully saturated rings. The van der Waals surface area contributed by atoms with E-state index in [1.165, 1.54) is 0 Å². The first-order valence-corrected chi connectivity index (χ1v) is 5.84. The second kappa shape index (κ2) is 7.65. The summed E-state index contributed by atoms with van der Waals surface area (Å²) in [7, 11) is -1.59. The molecule has 0 aliphatic carbocycles. The van der Waals surface area contributed by atoms with Crippen molar-refractivity contribution in [3.05, 3.63) is 12.2 Å². The summed E-state index contributed by atoms with van der Waals surface area (Å²) in [6, 6.07) is 0. The van der Waals surface area contributed by atoms with Crippen LogP contribution >= 0.6 is 8.03 Å². The van der Waals surface area contributed by atoms with E-state index in [1.807, 2.05) is 6.92 Å². The van der Waals surface area contributed by atoms with Crippen LogP contribution in [0, 0.1) is 0 Å². The van der Waals surface area contributed by atoms with Gasteiger partial charge in [-0.05, 0) is 17.9 Å². The Bertz CT molecular complexity index is 225. The van der Waals surface area contributed by atoms with Gasteiger partial charge < -0.3 is 4.74 Å². The van der Waals surface area contributed by atoms with Crippen LogP contribution in [0.25, 0.3) is 0 Å². The zero-order valence-electron chi connectivity index (χ0n) is 8.62. The number of hydrogen-bond donors (Lipinski definition) is 0. The number of esters is 1. The van der Waals surface area contributed by atoms with Crippen LogP contribution in [0.15, 0.2) is 12.2 Å². The first kappa shape index (κ1) is 13.3. The van der Waals surface area contributed by atoms with Gasteiger partial charge in [0.05, 0.1) is 0 Å². The molecular weight excluding hydrogens is 203 g/mol. The van der Waals surface area contributed by atoms with Crippen LogP contribution in [0.4, 0.5) is 0 Å². The Labute approximate surface area is 85.1 Å². The summed E-state index contributed by atoms with van der Waals surface area (Å²) >= 11 is 0. The van der Waals surface area contributed by atoms with Crippen molar-refractivity contribution in [2.45, 2.75) is 20.3 Å². The maximum absolute atomic E-state index is 11.0. The van der Waals surface area contributed by atoms with Gasteiger partial charge in [-0.2, -0.15) is 0 Å². The molecule has 80 valence electrons. The van der Waals surface area contributed by atoms with Crippen LogP contribution in [-0.2, 0) is 18.6 Å². The van der Waals surface area contributed by atoms with Crippen molar-refractivity contribution < 1.29 is 18.6 Å². The molecule has 1 unspecified atom stereocenters. The molecule has 0 aliphatic rings. The van der Waals surface area contributed by atoms with Gasteiger partial charge >= 0.3 is 14.0 Å². The van der Waals surface area contributed by atoms with Crippen molar-refractivity contribution >= 4 is 14.0 Å². The Morgan fingerprint density at radius 1 is 1.43 bits per heavy atom. The minimum absolute atomic E-state index is 0.122. The van der Waals surface area contributed by atoms with E-state index in [0.29, 0.717) is 11.7 Å². The molecule has 0 bridgehead atoms. The van der Waals surface area contributed by atoms with Crippen LogP contribution < -0.4 is 0 Å². The first-order valence-electron chi connectivity index (χ1n) is 4.48. The van der Waals surface area contributed by atoms with Crippen molar-refractivity contribution in [1.82, 2.24) is 0 Å². The quantitative estimate of drug-likeness (QED) is 0.285. The smallest absolute Gasteiger partial charge is 0.460 e. The van der Waals surface area contributed by atoms with Crippen molar-refractivity contribution in [1.29, 1.82) is 0 Å². The normalized spacial score (nSPS) is 10.9. The molecule has 0 rings (SSSR count). The topological polar surface area (TPSA) is 52.6 Å². The summed E-state index contributed by atoms with van der Waals surface area (Å²) in [5.74, 6) is -0.445. The van der Waals surface area contributed by atoms with Gasteiger partial charge in [-0.25, -0.2) is 4.79 Å². The van der Waals surface area contributed by atoms with E-state index in [0.717, 1.165) is 6.42 Å². The average molecular weight is 219 g/mol. The number of carbonyl (C=O) groups excluding carboxylic acids is 1. The number of ether oxygens (including phenoxy) is 1. The Kier molecular flexibility index (Phi) is 7.25. The summed E-state index contributed by atoms with van der Waals surface area (Å²) in [6.07, 6.45) is 1.37. The highest BCUT2D eigenvalue weighted by Crippen LogP contribution is 2.22. The number of hydrogen-bond acceptors (Lipinski definition) is 4. The summed E-state index contributed by atoms with van der Waals surface area (Å²) in [6.45, 7) is 7.22. The molecule has 0 aromatic rings. The Morgan fingerprint density at radius 2 is 2.07 bits per heavy atom. The molecule has 14 heavy (non-hydrogen) atoms. The van der Waals surface area contributed by atoms with Gasteiger partial charge in [0, 0.05) is 5.57 Å². The second-order valence-corrected chi connectivity index (χ2v) is 4.18. The minimum atomic E-state index is -1.59. The van der Waals surface area contributed by atoms with Crippen LogP contribution in [0.3, 0.4) is 0 Å². The largest absolute Gasteiger partial charge is 0.508 e. The van der Waals surface area contributed by atoms with E-state index >= 15 is 0 Å². The molecule has 0 saturated heterocycles. The van der Waals surface area contributed by atoms with E-state index in [2.05, 4.69) is 6.58 Å². The molecule has 5 heteroatoms. The first-order chi connectivity index (χ1) is 6.57. The predicted octanol–water partition coefficient (Wildman–Crippen LogP) is 2.27. The SMILES string of the molecule is C=C(C)C(=O)OCCO[P+](=O)CCC. The molecule has 0 aromatic heterocycles. The molecule has 0 aromatic carbocycles. The molecular formula is C9H16O4P+. The molecule has 0 N–H and O–H groups in total. The van der Waals surface area contributed by atoms with Gasteiger partial charge in [0.2, 0.25) is 0 Å². The molecule has 1 atom stereocenters. The lowest BCUT2D eigenvalue weighted by Crippen LogP contribution is -2.09. The van der Waals surface area contributed by atoms with Crippen molar-refractivity contribution in [3.63, 3.8) is 0 Å². The van der Waals surface area contributed by atoms with E-state index < -0.39 is 14.0 Å². The van der Waals surface area contributed by atoms with Crippen LogP contribution in [0.2, 0.25) is 0 Å². The van der Waals surface area contributed by atoms with Crippen LogP contribution in [0.1, 0.15) is 20.3 Å². The zero-order chi connectivity index (χ0) is 11.0. The van der Waals surface area contributed by atoms with Gasteiger partial charge in [-0.1, -0.05) is 13.5 Å². The fourth-order valence-corrected chi connectivity index (χ4v) is 1.42. The minimum Gasteiger partial charge on any atom is -0.460 e. The lowest BCUT2D eigenvalue weighted by molar-refractivity contribution is -0.139. The fourth-order valence-electron chi connectivity index (χ4n) is 0.644. The van der Waals surface area contributed by atoms with E-state index in [4.69, 9.17) is 9.26 Å². The lowest BCUT2D eigenvalue weighted by atomic mass is 10.4. The Balaban J connectivity index is 3.42. The molecule has 0 spiro atoms. The van der Waals surface area contributed by atoms with Crippen molar-refractivity contribution in [2.75, 3.05) is 19.4 Å². The maximum Gasteiger partial charge on any atom is 0.508 e. The molecule has 0 amide bonds. The maximum atomic E-state index is 11.0. The molecule has 0 saturated carbocycles. The highest BCUT2D eigenvalue weighted by atomic mass is 31.1. The monoisotopic (exact) mass is 219 g/mol. The van der Waals surface area contributed by atoms with Gasteiger partial charge in [-0.3, -0.25) is 0 Å². The van der Waals surface area contributed by atoms with Crippen molar-refractivity contribution in [3.8, 4) is 0 Å². The summed E-state index contributed by atoms with van der Waals surface area (Å²) in [5, 5.41) is 0. The zero-order valence-corrected chi connectivity index (χ0v) is 9.51. The average Bonchev–Trinajstić information content (AvgIpc) is 2.12. The highest BCUT2D eigenvalue weighted by molar-refractivity contribution is 7.39. The standard InChI is InChI=1S/C9H16O4P/c1-4-7-14(11)13-6-5-12-9(10)8(2)3/h2,4-7H2,1,3H3/q+1. The number of rotatable bonds is 7. The van der Waals surface area contributed by atoms with Crippen molar-refractivity contribution in [2.24, 2.45) is 0 Å². The number of carbonyl (C=O) groups is 1. The molecule has 4 nitrogen and oxygen atoms in total. The highest BCUT2D eigenvalue weighted by Gasteiger charge is 2.15. The van der Waals surface area contributed by atoms with Crippen LogP contribution in [-0.4, -0.2) is 25.3 Å². The van der Waals surface area contributed by atoms with Gasteiger partial charge in [0.15, 0.2) is 6.16 Å². The van der Waals surface area contributed by atoms with E-state index in [-0.39, 0.29) is 13.2 Å². The summed E-state index contributed by atoms with van der Waals surface area (Å²) in [5.41, 5.74) is 0.350.